The van der Waals surface area contributed by atoms with Crippen LogP contribution in [0, 0.1) is 0 Å². The third kappa shape index (κ3) is 4.20. The number of carboxylic acids is 1. The Hall–Kier alpha value is -2.88. The number of aromatic carboxylic acids is 1. The van der Waals surface area contributed by atoms with Gasteiger partial charge in [0.05, 0.1) is 5.56 Å². The van der Waals surface area contributed by atoms with Crippen molar-refractivity contribution in [3.8, 4) is 11.1 Å². The van der Waals surface area contributed by atoms with Gasteiger partial charge in [0.1, 0.15) is 6.29 Å². The highest BCUT2D eigenvalue weighted by Crippen LogP contribution is 2.29. The zero-order valence-corrected chi connectivity index (χ0v) is 14.7. The van der Waals surface area contributed by atoms with Crippen molar-refractivity contribution in [1.82, 2.24) is 0 Å². The van der Waals surface area contributed by atoms with Crippen LogP contribution in [0.5, 0.6) is 0 Å². The first-order valence-corrected chi connectivity index (χ1v) is 9.03. The fourth-order valence-corrected chi connectivity index (χ4v) is 3.41. The molecule has 1 N–H and O–H groups in total. The second-order valence-electron chi connectivity index (χ2n) is 6.55. The molecule has 1 aliphatic heterocycles. The predicted molar refractivity (Wildman–Crippen MR) is 105 cm³/mol. The van der Waals surface area contributed by atoms with E-state index in [2.05, 4.69) is 17.0 Å². The second kappa shape index (κ2) is 8.48. The van der Waals surface area contributed by atoms with Gasteiger partial charge in [-0.25, -0.2) is 4.79 Å². The zero-order chi connectivity index (χ0) is 18.4. The molecule has 0 unspecified atom stereocenters. The van der Waals surface area contributed by atoms with Crippen molar-refractivity contribution in [2.24, 2.45) is 0 Å². The number of rotatable bonds is 5. The van der Waals surface area contributed by atoms with E-state index in [9.17, 15) is 14.7 Å². The van der Waals surface area contributed by atoms with Gasteiger partial charge in [-0.3, -0.25) is 4.79 Å². The number of hydrogen-bond donors (Lipinski definition) is 1. The van der Waals surface area contributed by atoms with Crippen LogP contribution in [-0.2, 0) is 4.79 Å². The average Bonchev–Trinajstić information content (AvgIpc) is 2.96. The smallest absolute Gasteiger partial charge is 0.335 e. The quantitative estimate of drug-likeness (QED) is 0.631. The Morgan fingerprint density at radius 3 is 2.27 bits per heavy atom. The summed E-state index contributed by atoms with van der Waals surface area (Å²) in [4.78, 5) is 24.4. The molecule has 2 aromatic rings. The number of hydrogen-bond acceptors (Lipinski definition) is 3. The average molecular weight is 349 g/mol. The highest BCUT2D eigenvalue weighted by atomic mass is 16.4. The van der Waals surface area contributed by atoms with Crippen LogP contribution in [0.3, 0.4) is 0 Å². The number of aldehydes is 1. The van der Waals surface area contributed by atoms with E-state index in [1.165, 1.54) is 37.4 Å². The van der Waals surface area contributed by atoms with Gasteiger partial charge < -0.3 is 10.0 Å². The van der Waals surface area contributed by atoms with Crippen LogP contribution < -0.4 is 4.90 Å². The summed E-state index contributed by atoms with van der Waals surface area (Å²) in [6, 6.07) is 13.2. The standard InChI is InChI=1S/C22H23NO3/c24-15-5-6-17-7-8-19(22(25)26)16-21(17)18-9-11-20(12-10-18)23-13-3-1-2-4-14-23/h5-12,15-16H,1-4,13-14H2,(H,25,26). The van der Waals surface area contributed by atoms with E-state index in [1.54, 1.807) is 24.3 Å². The van der Waals surface area contributed by atoms with E-state index >= 15 is 0 Å². The van der Waals surface area contributed by atoms with Gasteiger partial charge in [-0.2, -0.15) is 0 Å². The van der Waals surface area contributed by atoms with Crippen LogP contribution >= 0.6 is 0 Å². The zero-order valence-electron chi connectivity index (χ0n) is 14.7. The summed E-state index contributed by atoms with van der Waals surface area (Å²) in [5.74, 6) is -0.960. The molecule has 3 rings (SSSR count). The number of benzene rings is 2. The number of carbonyl (C=O) groups excluding carboxylic acids is 1. The van der Waals surface area contributed by atoms with Crippen molar-refractivity contribution in [2.75, 3.05) is 18.0 Å². The maximum Gasteiger partial charge on any atom is 0.335 e. The summed E-state index contributed by atoms with van der Waals surface area (Å²) in [5, 5.41) is 9.28. The molecule has 0 amide bonds. The maximum atomic E-state index is 11.3. The van der Waals surface area contributed by atoms with Gasteiger partial charge >= 0.3 is 5.97 Å². The van der Waals surface area contributed by atoms with E-state index in [4.69, 9.17) is 0 Å². The summed E-state index contributed by atoms with van der Waals surface area (Å²) < 4.78 is 0. The molecule has 26 heavy (non-hydrogen) atoms. The number of anilines is 1. The lowest BCUT2D eigenvalue weighted by atomic mass is 9.96. The van der Waals surface area contributed by atoms with Crippen molar-refractivity contribution < 1.29 is 14.7 Å². The number of carbonyl (C=O) groups is 2. The highest BCUT2D eigenvalue weighted by molar-refractivity contribution is 5.91. The molecule has 1 fully saturated rings. The lowest BCUT2D eigenvalue weighted by Gasteiger charge is -2.23. The van der Waals surface area contributed by atoms with Gasteiger partial charge in [-0.05, 0) is 59.9 Å². The molecule has 4 heteroatoms. The minimum Gasteiger partial charge on any atom is -0.478 e. The molecule has 134 valence electrons. The lowest BCUT2D eigenvalue weighted by Crippen LogP contribution is -2.23. The summed E-state index contributed by atoms with van der Waals surface area (Å²) in [6.07, 6.45) is 8.89. The van der Waals surface area contributed by atoms with Gasteiger partial charge in [-0.15, -0.1) is 0 Å². The van der Waals surface area contributed by atoms with E-state index in [1.807, 2.05) is 12.1 Å². The molecule has 0 atom stereocenters. The molecule has 0 radical (unpaired) electrons. The Morgan fingerprint density at radius 1 is 0.962 bits per heavy atom. The predicted octanol–water partition coefficient (Wildman–Crippen LogP) is 4.64. The Bertz CT molecular complexity index is 801. The van der Waals surface area contributed by atoms with Gasteiger partial charge in [0, 0.05) is 18.8 Å². The first-order valence-electron chi connectivity index (χ1n) is 9.03. The Labute approximate surface area is 153 Å². The molecular formula is C22H23NO3. The summed E-state index contributed by atoms with van der Waals surface area (Å²) in [5.41, 5.74) is 4.02. The Balaban J connectivity index is 1.94. The molecule has 0 spiro atoms. The van der Waals surface area contributed by atoms with Gasteiger partial charge in [0.25, 0.3) is 0 Å². The number of carboxylic acid groups (broad SMARTS) is 1. The van der Waals surface area contributed by atoms with Crippen molar-refractivity contribution in [3.63, 3.8) is 0 Å². The first-order chi connectivity index (χ1) is 12.7. The van der Waals surface area contributed by atoms with E-state index in [0.717, 1.165) is 36.1 Å². The maximum absolute atomic E-state index is 11.3. The van der Waals surface area contributed by atoms with Crippen molar-refractivity contribution in [3.05, 3.63) is 59.7 Å². The van der Waals surface area contributed by atoms with Gasteiger partial charge in [-0.1, -0.05) is 37.1 Å². The van der Waals surface area contributed by atoms with E-state index in [0.29, 0.717) is 0 Å². The van der Waals surface area contributed by atoms with Crippen molar-refractivity contribution >= 4 is 24.0 Å². The molecule has 0 bridgehead atoms. The van der Waals surface area contributed by atoms with Crippen LogP contribution in [0.4, 0.5) is 5.69 Å². The Kier molecular flexibility index (Phi) is 5.84. The molecule has 0 aromatic heterocycles. The molecule has 1 saturated heterocycles. The normalized spacial score (nSPS) is 15.0. The molecule has 2 aromatic carbocycles. The molecule has 0 saturated carbocycles. The third-order valence-corrected chi connectivity index (χ3v) is 4.80. The van der Waals surface area contributed by atoms with Crippen molar-refractivity contribution in [1.29, 1.82) is 0 Å². The largest absolute Gasteiger partial charge is 0.478 e. The van der Waals surface area contributed by atoms with E-state index < -0.39 is 5.97 Å². The summed E-state index contributed by atoms with van der Waals surface area (Å²) >= 11 is 0. The summed E-state index contributed by atoms with van der Waals surface area (Å²) in [7, 11) is 0. The highest BCUT2D eigenvalue weighted by Gasteiger charge is 2.12. The van der Waals surface area contributed by atoms with Crippen LogP contribution in [0.15, 0.2) is 48.5 Å². The third-order valence-electron chi connectivity index (χ3n) is 4.80. The minimum absolute atomic E-state index is 0.236. The lowest BCUT2D eigenvalue weighted by molar-refractivity contribution is -0.104. The number of allylic oxidation sites excluding steroid dienone is 1. The molecule has 4 nitrogen and oxygen atoms in total. The van der Waals surface area contributed by atoms with E-state index in [-0.39, 0.29) is 5.56 Å². The fraction of sp³-hybridized carbons (Fsp3) is 0.273. The SMILES string of the molecule is O=CC=Cc1ccc(C(=O)O)cc1-c1ccc(N2CCCCCC2)cc1. The molecule has 1 heterocycles. The van der Waals surface area contributed by atoms with Gasteiger partial charge in [0.2, 0.25) is 0 Å². The molecular weight excluding hydrogens is 326 g/mol. The molecule has 1 aliphatic rings. The van der Waals surface area contributed by atoms with Crippen LogP contribution in [0.2, 0.25) is 0 Å². The molecule has 0 aliphatic carbocycles. The fourth-order valence-electron chi connectivity index (χ4n) is 3.41. The van der Waals surface area contributed by atoms with Gasteiger partial charge in [0.15, 0.2) is 0 Å². The first kappa shape index (κ1) is 17.9. The van der Waals surface area contributed by atoms with Crippen molar-refractivity contribution in [2.45, 2.75) is 25.7 Å². The minimum atomic E-state index is -0.960. The monoisotopic (exact) mass is 349 g/mol. The van der Waals surface area contributed by atoms with Crippen LogP contribution in [0.25, 0.3) is 17.2 Å². The van der Waals surface area contributed by atoms with Crippen LogP contribution in [-0.4, -0.2) is 30.5 Å². The summed E-state index contributed by atoms with van der Waals surface area (Å²) in [6.45, 7) is 2.17. The topological polar surface area (TPSA) is 57.6 Å². The Morgan fingerprint density at radius 2 is 1.65 bits per heavy atom. The number of nitrogens with zero attached hydrogens (tertiary/aromatic N) is 1. The second-order valence-corrected chi connectivity index (χ2v) is 6.55. The van der Waals surface area contributed by atoms with Crippen LogP contribution in [0.1, 0.15) is 41.6 Å².